The van der Waals surface area contributed by atoms with Crippen LogP contribution in [0.1, 0.15) is 0 Å². The van der Waals surface area contributed by atoms with Gasteiger partial charge in [-0.05, 0) is 0 Å². The SMILES string of the molecule is CN(C)[P+](N)(N)N(C)C. The molecule has 4 nitrogen and oxygen atoms in total. The molecule has 0 heterocycles. The van der Waals surface area contributed by atoms with Crippen LogP contribution in [0, 0.1) is 0 Å². The van der Waals surface area contributed by atoms with E-state index in [-0.39, 0.29) is 0 Å². The van der Waals surface area contributed by atoms with Crippen LogP contribution in [-0.4, -0.2) is 37.5 Å². The van der Waals surface area contributed by atoms with Crippen molar-refractivity contribution in [1.82, 2.24) is 9.34 Å². The highest BCUT2D eigenvalue weighted by atomic mass is 31.2. The van der Waals surface area contributed by atoms with Crippen molar-refractivity contribution in [3.05, 3.63) is 0 Å². The Morgan fingerprint density at radius 1 is 0.889 bits per heavy atom. The fourth-order valence-corrected chi connectivity index (χ4v) is 1.07. The number of hydrogen-bond acceptors (Lipinski definition) is 4. The predicted molar refractivity (Wildman–Crippen MR) is 42.7 cm³/mol. The Balaban J connectivity index is 4.01. The van der Waals surface area contributed by atoms with Crippen molar-refractivity contribution < 1.29 is 0 Å². The van der Waals surface area contributed by atoms with E-state index in [0.717, 1.165) is 0 Å². The molecular formula is C4H16N4P+. The molecule has 56 valence electrons. The quantitative estimate of drug-likeness (QED) is 0.532. The topological polar surface area (TPSA) is 58.5 Å². The molecule has 0 aliphatic heterocycles. The minimum absolute atomic E-state index is 1.85. The molecule has 0 atom stereocenters. The molecular weight excluding hydrogens is 135 g/mol. The smallest absolute Gasteiger partial charge is 0.159 e. The highest BCUT2D eigenvalue weighted by Gasteiger charge is 2.34. The first-order valence-corrected chi connectivity index (χ1v) is 4.54. The normalized spacial score (nSPS) is 13.3. The van der Waals surface area contributed by atoms with Crippen molar-refractivity contribution in [2.45, 2.75) is 0 Å². The molecule has 0 aliphatic carbocycles. The summed E-state index contributed by atoms with van der Waals surface area (Å²) in [5.41, 5.74) is 11.5. The maximum Gasteiger partial charge on any atom is 0.296 e. The first kappa shape index (κ1) is 9.27. The van der Waals surface area contributed by atoms with Gasteiger partial charge < -0.3 is 0 Å². The highest BCUT2D eigenvalue weighted by Crippen LogP contribution is 2.44. The van der Waals surface area contributed by atoms with Gasteiger partial charge in [0.1, 0.15) is 0 Å². The molecule has 0 amide bonds. The van der Waals surface area contributed by atoms with Gasteiger partial charge in [0.2, 0.25) is 0 Å². The summed E-state index contributed by atoms with van der Waals surface area (Å²) in [6.07, 6.45) is 0. The Labute approximate surface area is 57.3 Å². The second kappa shape index (κ2) is 2.90. The second-order valence-electron chi connectivity index (χ2n) is 2.39. The third-order valence-electron chi connectivity index (χ3n) is 1.28. The highest BCUT2D eigenvalue weighted by molar-refractivity contribution is 7.66. The molecule has 0 saturated carbocycles. The Morgan fingerprint density at radius 2 is 1.11 bits per heavy atom. The second-order valence-corrected chi connectivity index (χ2v) is 5.40. The van der Waals surface area contributed by atoms with E-state index in [1.54, 1.807) is 0 Å². The van der Waals surface area contributed by atoms with E-state index in [2.05, 4.69) is 0 Å². The van der Waals surface area contributed by atoms with Gasteiger partial charge in [0.15, 0.2) is 0 Å². The summed E-state index contributed by atoms with van der Waals surface area (Å²) in [5, 5.41) is 0. The Bertz CT molecular complexity index is 80.6. The van der Waals surface area contributed by atoms with Gasteiger partial charge in [0.25, 0.3) is 7.87 Å². The van der Waals surface area contributed by atoms with Crippen molar-refractivity contribution in [3.63, 3.8) is 0 Å². The standard InChI is InChI=1S/C4H16N4P/c1-7(2)9(5,6)8(3)4/h5-6H2,1-4H3/q+1. The summed E-state index contributed by atoms with van der Waals surface area (Å²) in [4.78, 5) is 0. The zero-order valence-electron chi connectivity index (χ0n) is 6.50. The molecule has 0 rings (SSSR count). The molecule has 0 aromatic carbocycles. The van der Waals surface area contributed by atoms with E-state index < -0.39 is 7.87 Å². The third kappa shape index (κ3) is 2.16. The Hall–Kier alpha value is 0.270. The Morgan fingerprint density at radius 3 is 1.11 bits per heavy atom. The molecule has 0 unspecified atom stereocenters. The van der Waals surface area contributed by atoms with Crippen LogP contribution in [0.5, 0.6) is 0 Å². The van der Waals surface area contributed by atoms with Crippen molar-refractivity contribution in [2.24, 2.45) is 11.0 Å². The van der Waals surface area contributed by atoms with Gasteiger partial charge >= 0.3 is 0 Å². The molecule has 0 spiro atoms. The molecule has 0 aromatic rings. The van der Waals surface area contributed by atoms with Gasteiger partial charge in [0, 0.05) is 28.2 Å². The van der Waals surface area contributed by atoms with Crippen LogP contribution in [0.4, 0.5) is 0 Å². The lowest BCUT2D eigenvalue weighted by atomic mass is 11.3. The first-order valence-electron chi connectivity index (χ1n) is 2.71. The van der Waals surface area contributed by atoms with Crippen molar-refractivity contribution in [3.8, 4) is 0 Å². The minimum Gasteiger partial charge on any atom is -0.159 e. The first-order chi connectivity index (χ1) is 3.89. The number of hydrogen-bond donors (Lipinski definition) is 2. The average Bonchev–Trinajstić information content (AvgIpc) is 1.65. The van der Waals surface area contributed by atoms with Crippen LogP contribution in [0.2, 0.25) is 0 Å². The van der Waals surface area contributed by atoms with Crippen LogP contribution >= 0.6 is 7.87 Å². The maximum absolute atomic E-state index is 5.74. The summed E-state index contributed by atoms with van der Waals surface area (Å²) in [6, 6.07) is 0. The molecule has 5 heteroatoms. The molecule has 0 saturated heterocycles. The van der Waals surface area contributed by atoms with Gasteiger partial charge in [-0.15, -0.1) is 9.34 Å². The maximum atomic E-state index is 5.74. The minimum atomic E-state index is -1.92. The lowest BCUT2D eigenvalue weighted by molar-refractivity contribution is 0.549. The summed E-state index contributed by atoms with van der Waals surface area (Å²) in [7, 11) is 5.61. The van der Waals surface area contributed by atoms with Gasteiger partial charge in [-0.25, -0.2) is 0 Å². The Kier molecular flexibility index (Phi) is 2.99. The summed E-state index contributed by atoms with van der Waals surface area (Å²) >= 11 is 0. The molecule has 9 heavy (non-hydrogen) atoms. The number of nitrogens with zero attached hydrogens (tertiary/aromatic N) is 2. The van der Waals surface area contributed by atoms with Gasteiger partial charge in [-0.1, -0.05) is 0 Å². The van der Waals surface area contributed by atoms with Crippen LogP contribution in [-0.2, 0) is 0 Å². The lowest BCUT2D eigenvalue weighted by Gasteiger charge is -2.26. The van der Waals surface area contributed by atoms with E-state index in [1.807, 2.05) is 37.5 Å². The van der Waals surface area contributed by atoms with E-state index in [0.29, 0.717) is 0 Å². The zero-order chi connectivity index (χ0) is 7.65. The molecule has 0 aliphatic rings. The number of rotatable bonds is 2. The third-order valence-corrected chi connectivity index (χ3v) is 3.84. The fourth-order valence-electron chi connectivity index (χ4n) is 0.358. The zero-order valence-corrected chi connectivity index (χ0v) is 7.39. The molecule has 0 fully saturated rings. The van der Waals surface area contributed by atoms with Crippen LogP contribution < -0.4 is 11.0 Å². The van der Waals surface area contributed by atoms with Gasteiger partial charge in [-0.2, -0.15) is 11.0 Å². The van der Waals surface area contributed by atoms with Crippen molar-refractivity contribution in [2.75, 3.05) is 28.2 Å². The van der Waals surface area contributed by atoms with E-state index in [9.17, 15) is 0 Å². The van der Waals surface area contributed by atoms with E-state index in [1.165, 1.54) is 0 Å². The predicted octanol–water partition coefficient (Wildman–Crippen LogP) is -0.295. The van der Waals surface area contributed by atoms with Gasteiger partial charge in [0.05, 0.1) is 0 Å². The molecule has 0 bridgehead atoms. The molecule has 0 aromatic heterocycles. The van der Waals surface area contributed by atoms with Crippen LogP contribution in [0.3, 0.4) is 0 Å². The molecule has 4 N–H and O–H groups in total. The van der Waals surface area contributed by atoms with Crippen LogP contribution in [0.15, 0.2) is 0 Å². The lowest BCUT2D eigenvalue weighted by Crippen LogP contribution is -2.37. The van der Waals surface area contributed by atoms with E-state index in [4.69, 9.17) is 11.0 Å². The summed E-state index contributed by atoms with van der Waals surface area (Å²) < 4.78 is 3.71. The average molecular weight is 151 g/mol. The summed E-state index contributed by atoms with van der Waals surface area (Å²) in [6.45, 7) is 0. The fraction of sp³-hybridized carbons (Fsp3) is 1.00. The van der Waals surface area contributed by atoms with E-state index >= 15 is 0 Å². The van der Waals surface area contributed by atoms with Crippen molar-refractivity contribution >= 4 is 7.87 Å². The van der Waals surface area contributed by atoms with Gasteiger partial charge in [-0.3, -0.25) is 0 Å². The largest absolute Gasteiger partial charge is 0.296 e. The van der Waals surface area contributed by atoms with Crippen LogP contribution in [0.25, 0.3) is 0 Å². The summed E-state index contributed by atoms with van der Waals surface area (Å²) in [5.74, 6) is 0. The molecule has 0 radical (unpaired) electrons. The monoisotopic (exact) mass is 151 g/mol. The van der Waals surface area contributed by atoms with Crippen molar-refractivity contribution in [1.29, 1.82) is 0 Å². The number of nitrogens with two attached hydrogens (primary N) is 2.